The van der Waals surface area contributed by atoms with E-state index in [1.54, 1.807) is 4.90 Å². The fourth-order valence-corrected chi connectivity index (χ4v) is 5.23. The van der Waals surface area contributed by atoms with Gasteiger partial charge in [-0.2, -0.15) is 23.7 Å². The van der Waals surface area contributed by atoms with Crippen molar-refractivity contribution in [2.75, 3.05) is 10.6 Å². The van der Waals surface area contributed by atoms with E-state index < -0.39 is 23.5 Å². The molecule has 4 rings (SSSR count). The molecule has 2 aliphatic rings. The summed E-state index contributed by atoms with van der Waals surface area (Å²) < 4.78 is 82.4. The van der Waals surface area contributed by atoms with Gasteiger partial charge < -0.3 is 10.6 Å². The van der Waals surface area contributed by atoms with Gasteiger partial charge in [0.1, 0.15) is 5.69 Å². The van der Waals surface area contributed by atoms with Gasteiger partial charge in [0, 0.05) is 50.1 Å². The molecule has 2 heterocycles. The molecule has 0 amide bonds. The first-order chi connectivity index (χ1) is 15.3. The molecule has 2 saturated carbocycles. The number of hydrogen-bond acceptors (Lipinski definition) is 7. The van der Waals surface area contributed by atoms with Crippen molar-refractivity contribution in [1.82, 2.24) is 19.9 Å². The van der Waals surface area contributed by atoms with Crippen molar-refractivity contribution in [3.8, 4) is 10.8 Å². The number of alkyl halides is 6. The van der Waals surface area contributed by atoms with E-state index in [9.17, 15) is 26.3 Å². The fraction of sp³-hybridized carbons (Fsp3) is 0.700. The minimum absolute atomic E-state index is 0.0229. The number of nitrogens with zero attached hydrogens (tertiary/aromatic N) is 5. The van der Waals surface area contributed by atoms with E-state index in [1.165, 1.54) is 5.38 Å². The standard InChI is InChI=1S/C20H24F6N6S/c1-18(21,22)13-10-33-15(28-13)14-29-16(27)31-17(30-14)32(11-2-6-19(23,24)7-3-11)12-4-8-20(25,26)9-5-12/h10-12H,2-9H2,1H3,(H2,27,29,30,31). The zero-order valence-corrected chi connectivity index (χ0v) is 18.7. The number of thiazole rings is 1. The van der Waals surface area contributed by atoms with E-state index in [1.807, 2.05) is 0 Å². The molecule has 0 spiro atoms. The lowest BCUT2D eigenvalue weighted by atomic mass is 9.86. The molecular weight excluding hydrogens is 470 g/mol. The minimum atomic E-state index is -3.15. The number of nitrogens with two attached hydrogens (primary N) is 1. The molecule has 0 unspecified atom stereocenters. The molecule has 2 N–H and O–H groups in total. The lowest BCUT2D eigenvalue weighted by Crippen LogP contribution is -2.50. The molecule has 2 aliphatic carbocycles. The lowest BCUT2D eigenvalue weighted by molar-refractivity contribution is -0.0460. The average Bonchev–Trinajstić information content (AvgIpc) is 3.21. The molecule has 0 aromatic carbocycles. The second-order valence-corrected chi connectivity index (χ2v) is 9.68. The molecule has 2 aromatic heterocycles. The van der Waals surface area contributed by atoms with Gasteiger partial charge in [-0.25, -0.2) is 22.5 Å². The highest BCUT2D eigenvalue weighted by Gasteiger charge is 2.43. The van der Waals surface area contributed by atoms with Gasteiger partial charge in [0.25, 0.3) is 5.92 Å². The summed E-state index contributed by atoms with van der Waals surface area (Å²) >= 11 is 0.913. The third-order valence-electron chi connectivity index (χ3n) is 6.18. The molecule has 182 valence electrons. The van der Waals surface area contributed by atoms with E-state index in [-0.39, 0.29) is 86.2 Å². The van der Waals surface area contributed by atoms with E-state index in [4.69, 9.17) is 5.73 Å². The maximum Gasteiger partial charge on any atom is 0.287 e. The molecule has 0 radical (unpaired) electrons. The van der Waals surface area contributed by atoms with Crippen LogP contribution >= 0.6 is 11.3 Å². The molecule has 0 bridgehead atoms. The Bertz CT molecular complexity index is 946. The lowest BCUT2D eigenvalue weighted by Gasteiger charge is -2.43. The second-order valence-electron chi connectivity index (χ2n) is 8.83. The highest BCUT2D eigenvalue weighted by Crippen LogP contribution is 2.41. The highest BCUT2D eigenvalue weighted by atomic mass is 32.1. The van der Waals surface area contributed by atoms with Crippen LogP contribution in [0.3, 0.4) is 0 Å². The van der Waals surface area contributed by atoms with Crippen molar-refractivity contribution in [2.24, 2.45) is 0 Å². The summed E-state index contributed by atoms with van der Waals surface area (Å²) in [5.74, 6) is -8.83. The largest absolute Gasteiger partial charge is 0.368 e. The number of rotatable bonds is 5. The summed E-state index contributed by atoms with van der Waals surface area (Å²) in [6.45, 7) is 0.721. The number of anilines is 2. The summed E-state index contributed by atoms with van der Waals surface area (Å²) in [5, 5.41) is 1.30. The topological polar surface area (TPSA) is 80.8 Å². The summed E-state index contributed by atoms with van der Waals surface area (Å²) in [6, 6.07) is -0.773. The minimum Gasteiger partial charge on any atom is -0.368 e. The second kappa shape index (κ2) is 8.55. The maximum absolute atomic E-state index is 13.8. The van der Waals surface area contributed by atoms with E-state index in [0.29, 0.717) is 0 Å². The molecule has 2 fully saturated rings. The summed E-state index contributed by atoms with van der Waals surface area (Å²) in [5.41, 5.74) is 5.43. The Hall–Kier alpha value is -2.18. The van der Waals surface area contributed by atoms with Crippen LogP contribution < -0.4 is 10.6 Å². The average molecular weight is 495 g/mol. The van der Waals surface area contributed by atoms with Gasteiger partial charge in [-0.3, -0.25) is 0 Å². The Morgan fingerprint density at radius 3 is 1.88 bits per heavy atom. The highest BCUT2D eigenvalue weighted by molar-refractivity contribution is 7.13. The van der Waals surface area contributed by atoms with Crippen LogP contribution in [0.25, 0.3) is 10.8 Å². The summed E-state index contributed by atoms with van der Waals surface area (Å²) in [7, 11) is 0. The molecule has 0 aliphatic heterocycles. The van der Waals surface area contributed by atoms with Crippen LogP contribution in [0.2, 0.25) is 0 Å². The van der Waals surface area contributed by atoms with Crippen molar-refractivity contribution in [3.63, 3.8) is 0 Å². The van der Waals surface area contributed by atoms with Crippen LogP contribution in [0.1, 0.15) is 64.0 Å². The van der Waals surface area contributed by atoms with Gasteiger partial charge >= 0.3 is 0 Å². The fourth-order valence-electron chi connectivity index (χ4n) is 4.40. The molecule has 2 aromatic rings. The van der Waals surface area contributed by atoms with Gasteiger partial charge in [-0.1, -0.05) is 0 Å². The van der Waals surface area contributed by atoms with Crippen LogP contribution in [0.5, 0.6) is 0 Å². The van der Waals surface area contributed by atoms with Crippen LogP contribution in [0.4, 0.5) is 38.2 Å². The third-order valence-corrected chi connectivity index (χ3v) is 7.02. The van der Waals surface area contributed by atoms with Crippen molar-refractivity contribution < 1.29 is 26.3 Å². The van der Waals surface area contributed by atoms with Crippen molar-refractivity contribution >= 4 is 23.2 Å². The number of hydrogen-bond donors (Lipinski definition) is 1. The Morgan fingerprint density at radius 2 is 1.42 bits per heavy atom. The van der Waals surface area contributed by atoms with Crippen molar-refractivity contribution in [3.05, 3.63) is 11.1 Å². The Balaban J connectivity index is 1.68. The zero-order valence-electron chi connectivity index (χ0n) is 17.9. The predicted octanol–water partition coefficient (Wildman–Crippen LogP) is 5.65. The Morgan fingerprint density at radius 1 is 0.909 bits per heavy atom. The van der Waals surface area contributed by atoms with E-state index >= 15 is 0 Å². The predicted molar refractivity (Wildman–Crippen MR) is 112 cm³/mol. The van der Waals surface area contributed by atoms with Gasteiger partial charge in [-0.05, 0) is 25.7 Å². The number of halogens is 6. The normalized spacial score (nSPS) is 21.8. The van der Waals surface area contributed by atoms with Crippen LogP contribution in [0.15, 0.2) is 5.38 Å². The SMILES string of the molecule is CC(F)(F)c1csc(-c2nc(N)nc(N(C3CCC(F)(F)CC3)C3CCC(F)(F)CC3)n2)n1. The molecule has 6 nitrogen and oxygen atoms in total. The quantitative estimate of drug-likeness (QED) is 0.541. The molecular formula is C20H24F6N6S. The van der Waals surface area contributed by atoms with Crippen LogP contribution in [-0.2, 0) is 5.92 Å². The number of aromatic nitrogens is 4. The molecule has 0 atom stereocenters. The van der Waals surface area contributed by atoms with Gasteiger partial charge in [-0.15, -0.1) is 11.3 Å². The monoisotopic (exact) mass is 494 g/mol. The smallest absolute Gasteiger partial charge is 0.287 e. The Labute approximate surface area is 190 Å². The van der Waals surface area contributed by atoms with E-state index in [0.717, 1.165) is 18.3 Å². The summed E-state index contributed by atoms with van der Waals surface area (Å²) in [6.07, 6.45) is -0.737. The molecule has 33 heavy (non-hydrogen) atoms. The molecule has 0 saturated heterocycles. The third kappa shape index (κ3) is 5.49. The van der Waals surface area contributed by atoms with Gasteiger partial charge in [0.2, 0.25) is 23.7 Å². The maximum atomic E-state index is 13.8. The van der Waals surface area contributed by atoms with Gasteiger partial charge in [0.05, 0.1) is 0 Å². The van der Waals surface area contributed by atoms with Gasteiger partial charge in [0.15, 0.2) is 10.8 Å². The zero-order chi connectivity index (χ0) is 24.0. The number of nitrogen functional groups attached to an aromatic ring is 1. The first kappa shape index (κ1) is 24.0. The van der Waals surface area contributed by atoms with Crippen LogP contribution in [0, 0.1) is 0 Å². The first-order valence-electron chi connectivity index (χ1n) is 10.7. The van der Waals surface area contributed by atoms with Crippen LogP contribution in [-0.4, -0.2) is 43.9 Å². The van der Waals surface area contributed by atoms with Crippen molar-refractivity contribution in [2.45, 2.75) is 88.1 Å². The molecule has 13 heteroatoms. The summed E-state index contributed by atoms with van der Waals surface area (Å²) in [4.78, 5) is 18.2. The first-order valence-corrected chi connectivity index (χ1v) is 11.6. The Kier molecular flexibility index (Phi) is 6.21. The van der Waals surface area contributed by atoms with Crippen molar-refractivity contribution in [1.29, 1.82) is 0 Å². The van der Waals surface area contributed by atoms with E-state index in [2.05, 4.69) is 19.9 Å².